The van der Waals surface area contributed by atoms with Crippen LogP contribution in [0.2, 0.25) is 0 Å². The largest absolute Gasteiger partial charge is 0.389 e. The highest BCUT2D eigenvalue weighted by Gasteiger charge is 2.03. The van der Waals surface area contributed by atoms with Gasteiger partial charge in [-0.1, -0.05) is 0 Å². The minimum absolute atomic E-state index is 0.471. The van der Waals surface area contributed by atoms with E-state index in [1.807, 2.05) is 6.92 Å². The minimum atomic E-state index is -0.471. The molecule has 10 heavy (non-hydrogen) atoms. The van der Waals surface area contributed by atoms with Gasteiger partial charge in [0.15, 0.2) is 0 Å². The number of aryl methyl sites for hydroxylation is 1. The van der Waals surface area contributed by atoms with Gasteiger partial charge < -0.3 is 5.11 Å². The Bertz CT molecular complexity index is 223. The molecule has 0 aromatic carbocycles. The fourth-order valence-corrected chi connectivity index (χ4v) is 0.812. The highest BCUT2D eigenvalue weighted by atomic mass is 16.3. The van der Waals surface area contributed by atoms with Gasteiger partial charge in [-0.05, 0) is 13.8 Å². The number of aliphatic hydroxyl groups is 1. The van der Waals surface area contributed by atoms with Gasteiger partial charge in [0.05, 0.1) is 6.10 Å². The van der Waals surface area contributed by atoms with E-state index >= 15 is 0 Å². The van der Waals surface area contributed by atoms with E-state index in [9.17, 15) is 0 Å². The lowest BCUT2D eigenvalue weighted by molar-refractivity contribution is 0.197. The Morgan fingerprint density at radius 1 is 1.60 bits per heavy atom. The molecule has 0 bridgehead atoms. The highest BCUT2D eigenvalue weighted by Crippen LogP contribution is 2.11. The van der Waals surface area contributed by atoms with Crippen LogP contribution in [0.3, 0.4) is 0 Å². The molecule has 0 aliphatic heterocycles. The van der Waals surface area contributed by atoms with Gasteiger partial charge >= 0.3 is 0 Å². The van der Waals surface area contributed by atoms with E-state index in [1.165, 1.54) is 6.33 Å². The van der Waals surface area contributed by atoms with Crippen molar-refractivity contribution in [1.82, 2.24) is 9.97 Å². The van der Waals surface area contributed by atoms with E-state index in [4.69, 9.17) is 5.11 Å². The van der Waals surface area contributed by atoms with Crippen LogP contribution < -0.4 is 0 Å². The van der Waals surface area contributed by atoms with Crippen molar-refractivity contribution < 1.29 is 5.11 Å². The normalized spacial score (nSPS) is 13.1. The molecule has 0 amide bonds. The summed E-state index contributed by atoms with van der Waals surface area (Å²) in [5, 5.41) is 9.12. The Labute approximate surface area is 59.8 Å². The third kappa shape index (κ3) is 1.30. The summed E-state index contributed by atoms with van der Waals surface area (Å²) < 4.78 is 0. The van der Waals surface area contributed by atoms with Crippen LogP contribution in [0.15, 0.2) is 12.5 Å². The number of rotatable bonds is 1. The number of nitrogens with zero attached hydrogens (tertiary/aromatic N) is 2. The lowest BCUT2D eigenvalue weighted by atomic mass is 10.1. The van der Waals surface area contributed by atoms with Gasteiger partial charge in [-0.2, -0.15) is 0 Å². The van der Waals surface area contributed by atoms with Gasteiger partial charge in [-0.15, -0.1) is 0 Å². The highest BCUT2D eigenvalue weighted by molar-refractivity contribution is 5.15. The fourth-order valence-electron chi connectivity index (χ4n) is 0.812. The van der Waals surface area contributed by atoms with E-state index in [-0.39, 0.29) is 0 Å². The molecule has 0 radical (unpaired) electrons. The molecule has 0 saturated carbocycles. The topological polar surface area (TPSA) is 46.0 Å². The van der Waals surface area contributed by atoms with E-state index in [2.05, 4.69) is 9.97 Å². The number of hydrogen-bond donors (Lipinski definition) is 1. The van der Waals surface area contributed by atoms with Gasteiger partial charge in [0.1, 0.15) is 6.33 Å². The number of aromatic nitrogens is 2. The lowest BCUT2D eigenvalue weighted by Gasteiger charge is -2.04. The third-order valence-corrected chi connectivity index (χ3v) is 1.40. The van der Waals surface area contributed by atoms with Crippen LogP contribution in [0.25, 0.3) is 0 Å². The summed E-state index contributed by atoms with van der Waals surface area (Å²) in [6.45, 7) is 3.55. The molecule has 54 valence electrons. The van der Waals surface area contributed by atoms with Gasteiger partial charge in [0, 0.05) is 17.5 Å². The maximum Gasteiger partial charge on any atom is 0.115 e. The molecule has 1 rings (SSSR count). The monoisotopic (exact) mass is 138 g/mol. The Balaban J connectivity index is 3.03. The van der Waals surface area contributed by atoms with E-state index < -0.39 is 6.10 Å². The Hall–Kier alpha value is -0.960. The second-order valence-corrected chi connectivity index (χ2v) is 2.24. The van der Waals surface area contributed by atoms with Crippen LogP contribution in [0, 0.1) is 6.92 Å². The van der Waals surface area contributed by atoms with Crippen molar-refractivity contribution in [3.05, 3.63) is 23.8 Å². The molecule has 1 heterocycles. The Kier molecular flexibility index (Phi) is 1.97. The van der Waals surface area contributed by atoms with E-state index in [1.54, 1.807) is 13.1 Å². The van der Waals surface area contributed by atoms with E-state index in [0.717, 1.165) is 11.3 Å². The average Bonchev–Trinajstić information content (AvgIpc) is 1.88. The molecular formula is C7H10N2O. The first-order chi connectivity index (χ1) is 4.72. The summed E-state index contributed by atoms with van der Waals surface area (Å²) in [5.41, 5.74) is 1.63. The standard InChI is InChI=1S/C7H10N2O/c1-5-7(6(2)10)3-8-4-9-5/h3-4,6,10H,1-2H3/t6-/m0/s1. The molecule has 0 aliphatic rings. The predicted molar refractivity (Wildman–Crippen MR) is 37.4 cm³/mol. The molecule has 0 unspecified atom stereocenters. The lowest BCUT2D eigenvalue weighted by Crippen LogP contribution is -1.97. The SMILES string of the molecule is Cc1ncncc1[C@H](C)O. The van der Waals surface area contributed by atoms with Crippen molar-refractivity contribution in [2.24, 2.45) is 0 Å². The van der Waals surface area contributed by atoms with Gasteiger partial charge in [-0.3, -0.25) is 0 Å². The van der Waals surface area contributed by atoms with Gasteiger partial charge in [0.2, 0.25) is 0 Å². The second-order valence-electron chi connectivity index (χ2n) is 2.24. The van der Waals surface area contributed by atoms with Crippen LogP contribution >= 0.6 is 0 Å². The van der Waals surface area contributed by atoms with Crippen molar-refractivity contribution in [3.63, 3.8) is 0 Å². The second kappa shape index (κ2) is 2.75. The zero-order valence-electron chi connectivity index (χ0n) is 6.07. The summed E-state index contributed by atoms with van der Waals surface area (Å²) in [6, 6.07) is 0. The molecular weight excluding hydrogens is 128 g/mol. The molecule has 3 nitrogen and oxygen atoms in total. The molecule has 1 N–H and O–H groups in total. The predicted octanol–water partition coefficient (Wildman–Crippen LogP) is 0.838. The first-order valence-corrected chi connectivity index (χ1v) is 3.16. The van der Waals surface area contributed by atoms with E-state index in [0.29, 0.717) is 0 Å². The molecule has 1 atom stereocenters. The molecule has 0 fully saturated rings. The van der Waals surface area contributed by atoms with Gasteiger partial charge in [-0.25, -0.2) is 9.97 Å². The van der Waals surface area contributed by atoms with Crippen LogP contribution in [0.4, 0.5) is 0 Å². The van der Waals surface area contributed by atoms with Crippen molar-refractivity contribution in [2.75, 3.05) is 0 Å². The van der Waals surface area contributed by atoms with Crippen LogP contribution in [-0.4, -0.2) is 15.1 Å². The molecule has 0 saturated heterocycles. The fraction of sp³-hybridized carbons (Fsp3) is 0.429. The van der Waals surface area contributed by atoms with Crippen molar-refractivity contribution in [2.45, 2.75) is 20.0 Å². The van der Waals surface area contributed by atoms with Crippen molar-refractivity contribution >= 4 is 0 Å². The molecule has 3 heteroatoms. The average molecular weight is 138 g/mol. The smallest absolute Gasteiger partial charge is 0.115 e. The van der Waals surface area contributed by atoms with Crippen LogP contribution in [0.5, 0.6) is 0 Å². The summed E-state index contributed by atoms with van der Waals surface area (Å²) in [4.78, 5) is 7.72. The number of hydrogen-bond acceptors (Lipinski definition) is 3. The quantitative estimate of drug-likeness (QED) is 0.625. The van der Waals surface area contributed by atoms with Crippen LogP contribution in [0.1, 0.15) is 24.3 Å². The summed E-state index contributed by atoms with van der Waals surface area (Å²) in [5.74, 6) is 0. The van der Waals surface area contributed by atoms with Crippen molar-refractivity contribution in [3.8, 4) is 0 Å². The first-order valence-electron chi connectivity index (χ1n) is 3.16. The van der Waals surface area contributed by atoms with Crippen molar-refractivity contribution in [1.29, 1.82) is 0 Å². The zero-order valence-corrected chi connectivity index (χ0v) is 6.07. The molecule has 1 aromatic heterocycles. The Morgan fingerprint density at radius 2 is 2.30 bits per heavy atom. The minimum Gasteiger partial charge on any atom is -0.389 e. The molecule has 1 aromatic rings. The zero-order chi connectivity index (χ0) is 7.56. The van der Waals surface area contributed by atoms with Crippen LogP contribution in [-0.2, 0) is 0 Å². The maximum absolute atomic E-state index is 9.12. The van der Waals surface area contributed by atoms with Gasteiger partial charge in [0.25, 0.3) is 0 Å². The summed E-state index contributed by atoms with van der Waals surface area (Å²) in [6.07, 6.45) is 2.63. The first kappa shape index (κ1) is 7.15. The Morgan fingerprint density at radius 3 is 2.70 bits per heavy atom. The third-order valence-electron chi connectivity index (χ3n) is 1.40. The molecule has 0 aliphatic carbocycles. The molecule has 0 spiro atoms. The maximum atomic E-state index is 9.12. The summed E-state index contributed by atoms with van der Waals surface area (Å²) >= 11 is 0. The summed E-state index contributed by atoms with van der Waals surface area (Å²) in [7, 11) is 0. The number of aliphatic hydroxyl groups excluding tert-OH is 1.